The summed E-state index contributed by atoms with van der Waals surface area (Å²) >= 11 is 6.04. The van der Waals surface area contributed by atoms with Crippen LogP contribution in [0.25, 0.3) is 0 Å². The average molecular weight is 478 g/mol. The molecule has 1 aliphatic rings. The largest absolute Gasteiger partial charge is 0.482 e. The number of rotatable bonds is 8. The maximum absolute atomic E-state index is 13.2. The van der Waals surface area contributed by atoms with E-state index in [1.54, 1.807) is 30.3 Å². The number of hydrogen-bond acceptors (Lipinski definition) is 5. The summed E-state index contributed by atoms with van der Waals surface area (Å²) in [6.07, 6.45) is 0. The average Bonchev–Trinajstić information content (AvgIpc) is 2.77. The molecule has 2 aromatic rings. The van der Waals surface area contributed by atoms with Gasteiger partial charge in [-0.15, -0.1) is 0 Å². The molecule has 0 unspecified atom stereocenters. The minimum absolute atomic E-state index is 0.0103. The summed E-state index contributed by atoms with van der Waals surface area (Å²) in [4.78, 5) is 28.9. The van der Waals surface area contributed by atoms with E-state index < -0.39 is 0 Å². The Kier molecular flexibility index (Phi) is 8.66. The number of benzene rings is 2. The first-order valence-corrected chi connectivity index (χ1v) is 11.1. The van der Waals surface area contributed by atoms with Crippen molar-refractivity contribution in [1.29, 1.82) is 0 Å². The van der Waals surface area contributed by atoms with Crippen LogP contribution in [0.1, 0.15) is 19.4 Å². The van der Waals surface area contributed by atoms with Gasteiger partial charge in [-0.1, -0.05) is 23.7 Å². The maximum atomic E-state index is 13.2. The number of nitrogens with one attached hydrogen (secondary N) is 1. The maximum Gasteiger partial charge on any atom is 0.260 e. The molecule has 2 amide bonds. The number of ether oxygens (including phenoxy) is 2. The van der Waals surface area contributed by atoms with Gasteiger partial charge in [-0.05, 0) is 49.7 Å². The molecule has 0 aliphatic carbocycles. The highest BCUT2D eigenvalue weighted by Gasteiger charge is 2.32. The highest BCUT2D eigenvalue weighted by Crippen LogP contribution is 2.28. The fourth-order valence-corrected chi connectivity index (χ4v) is 4.03. The lowest BCUT2D eigenvalue weighted by atomic mass is 10.1. The Morgan fingerprint density at radius 1 is 1.09 bits per heavy atom. The Bertz CT molecular complexity index is 973. The molecule has 1 aliphatic heterocycles. The molecule has 2 aromatic carbocycles. The Hall–Kier alpha value is -2.68. The van der Waals surface area contributed by atoms with Crippen LogP contribution in [0.2, 0.25) is 5.02 Å². The molecule has 0 bridgehead atoms. The van der Waals surface area contributed by atoms with Gasteiger partial charge in [0, 0.05) is 43.9 Å². The van der Waals surface area contributed by atoms with Crippen LogP contribution < -0.4 is 10.1 Å². The molecule has 1 heterocycles. The summed E-state index contributed by atoms with van der Waals surface area (Å²) in [7, 11) is 1.43. The minimum Gasteiger partial charge on any atom is -0.482 e. The normalized spacial score (nSPS) is 18.8. The smallest absolute Gasteiger partial charge is 0.260 e. The van der Waals surface area contributed by atoms with Gasteiger partial charge in [0.2, 0.25) is 5.91 Å². The van der Waals surface area contributed by atoms with E-state index in [-0.39, 0.29) is 42.9 Å². The van der Waals surface area contributed by atoms with Crippen LogP contribution in [-0.4, -0.2) is 67.1 Å². The zero-order chi connectivity index (χ0) is 24.0. The Labute approximate surface area is 198 Å². The zero-order valence-electron chi connectivity index (χ0n) is 19.0. The number of carbonyl (C=O) groups is 2. The highest BCUT2D eigenvalue weighted by atomic mass is 35.5. The minimum atomic E-state index is -0.351. The van der Waals surface area contributed by atoms with Crippen LogP contribution in [0.15, 0.2) is 42.5 Å². The summed E-state index contributed by atoms with van der Waals surface area (Å²) in [5.74, 6) is -0.388. The predicted molar refractivity (Wildman–Crippen MR) is 125 cm³/mol. The second-order valence-corrected chi connectivity index (χ2v) is 8.65. The topological polar surface area (TPSA) is 71.1 Å². The van der Waals surface area contributed by atoms with E-state index in [2.05, 4.69) is 17.1 Å². The van der Waals surface area contributed by atoms with Crippen molar-refractivity contribution >= 4 is 29.1 Å². The summed E-state index contributed by atoms with van der Waals surface area (Å²) in [6.45, 7) is 5.75. The zero-order valence-corrected chi connectivity index (χ0v) is 19.8. The van der Waals surface area contributed by atoms with Crippen molar-refractivity contribution in [2.45, 2.75) is 32.5 Å². The molecule has 0 aromatic heterocycles. The molecule has 3 rings (SSSR count). The fourth-order valence-electron chi connectivity index (χ4n) is 3.86. The molecule has 1 N–H and O–H groups in total. The number of methoxy groups -OCH3 is 1. The van der Waals surface area contributed by atoms with Crippen LogP contribution >= 0.6 is 11.6 Å². The van der Waals surface area contributed by atoms with Crippen LogP contribution in [-0.2, 0) is 20.9 Å². The van der Waals surface area contributed by atoms with E-state index in [0.29, 0.717) is 36.1 Å². The third-order valence-corrected chi connectivity index (χ3v) is 5.81. The summed E-state index contributed by atoms with van der Waals surface area (Å²) in [6, 6.07) is 11.4. The summed E-state index contributed by atoms with van der Waals surface area (Å²) in [5.41, 5.74) is 1.41. The summed E-state index contributed by atoms with van der Waals surface area (Å²) < 4.78 is 23.8. The number of anilines is 1. The molecule has 33 heavy (non-hydrogen) atoms. The number of hydrogen-bond donors (Lipinski definition) is 1. The number of amides is 2. The molecule has 1 saturated heterocycles. The molecule has 1 fully saturated rings. The van der Waals surface area contributed by atoms with E-state index in [1.807, 2.05) is 11.8 Å². The molecule has 0 radical (unpaired) electrons. The van der Waals surface area contributed by atoms with E-state index in [9.17, 15) is 14.0 Å². The van der Waals surface area contributed by atoms with Crippen molar-refractivity contribution < 1.29 is 23.5 Å². The van der Waals surface area contributed by atoms with Crippen molar-refractivity contribution in [3.8, 4) is 5.75 Å². The first-order chi connectivity index (χ1) is 15.8. The van der Waals surface area contributed by atoms with Gasteiger partial charge in [-0.25, -0.2) is 4.39 Å². The molecular weight excluding hydrogens is 449 g/mol. The quantitative estimate of drug-likeness (QED) is 0.629. The molecule has 7 nitrogen and oxygen atoms in total. The molecule has 0 saturated carbocycles. The molecular formula is C24H29ClFN3O4. The number of halogens is 2. The predicted octanol–water partition coefficient (Wildman–Crippen LogP) is 3.56. The van der Waals surface area contributed by atoms with Crippen LogP contribution in [0.3, 0.4) is 0 Å². The van der Waals surface area contributed by atoms with Gasteiger partial charge in [0.15, 0.2) is 6.61 Å². The second-order valence-electron chi connectivity index (χ2n) is 8.21. The lowest BCUT2D eigenvalue weighted by Crippen LogP contribution is -2.58. The van der Waals surface area contributed by atoms with Crippen LogP contribution in [0, 0.1) is 5.82 Å². The molecule has 0 spiro atoms. The van der Waals surface area contributed by atoms with E-state index >= 15 is 0 Å². The number of piperazine rings is 1. The Morgan fingerprint density at radius 3 is 2.52 bits per heavy atom. The second kappa shape index (κ2) is 11.4. The fraction of sp³-hybridized carbons (Fsp3) is 0.417. The SMILES string of the molecule is COCC(=O)Nc1cc(Cl)ccc1OCC(=O)N1C[C@@H](C)N(Cc2ccc(F)cc2)C[C@@H]1C. The van der Waals surface area contributed by atoms with Crippen molar-refractivity contribution in [3.63, 3.8) is 0 Å². The molecule has 178 valence electrons. The van der Waals surface area contributed by atoms with Gasteiger partial charge < -0.3 is 19.7 Å². The van der Waals surface area contributed by atoms with Gasteiger partial charge >= 0.3 is 0 Å². The first-order valence-electron chi connectivity index (χ1n) is 10.8. The number of nitrogens with zero attached hydrogens (tertiary/aromatic N) is 2. The monoisotopic (exact) mass is 477 g/mol. The van der Waals surface area contributed by atoms with E-state index in [1.165, 1.54) is 19.2 Å². The van der Waals surface area contributed by atoms with Crippen molar-refractivity contribution in [2.24, 2.45) is 0 Å². The van der Waals surface area contributed by atoms with Gasteiger partial charge in [0.1, 0.15) is 18.2 Å². The van der Waals surface area contributed by atoms with Crippen molar-refractivity contribution in [1.82, 2.24) is 9.80 Å². The van der Waals surface area contributed by atoms with Gasteiger partial charge in [-0.3, -0.25) is 14.5 Å². The van der Waals surface area contributed by atoms with E-state index in [0.717, 1.165) is 5.56 Å². The summed E-state index contributed by atoms with van der Waals surface area (Å²) in [5, 5.41) is 3.11. The number of carbonyl (C=O) groups excluding carboxylic acids is 2. The molecule has 9 heteroatoms. The lowest BCUT2D eigenvalue weighted by Gasteiger charge is -2.44. The standard InChI is InChI=1S/C24H29ClFN3O4/c1-16-12-29(17(2)11-28(16)13-18-4-7-20(26)8-5-18)24(31)15-33-22-9-6-19(25)10-21(22)27-23(30)14-32-3/h4-10,16-17H,11-15H2,1-3H3,(H,27,30)/t16-,17+/m1/s1. The van der Waals surface area contributed by atoms with Crippen molar-refractivity contribution in [3.05, 3.63) is 58.9 Å². The third-order valence-electron chi connectivity index (χ3n) is 5.58. The Morgan fingerprint density at radius 2 is 1.82 bits per heavy atom. The van der Waals surface area contributed by atoms with E-state index in [4.69, 9.17) is 21.1 Å². The van der Waals surface area contributed by atoms with Crippen molar-refractivity contribution in [2.75, 3.05) is 38.7 Å². The Balaban J connectivity index is 1.59. The van der Waals surface area contributed by atoms with Gasteiger partial charge in [0.05, 0.1) is 5.69 Å². The first kappa shape index (κ1) is 25.0. The van der Waals surface area contributed by atoms with Gasteiger partial charge in [-0.2, -0.15) is 0 Å². The highest BCUT2D eigenvalue weighted by molar-refractivity contribution is 6.31. The lowest BCUT2D eigenvalue weighted by molar-refractivity contribution is -0.139. The van der Waals surface area contributed by atoms with Crippen LogP contribution in [0.5, 0.6) is 5.75 Å². The third kappa shape index (κ3) is 6.90. The molecule has 2 atom stereocenters. The van der Waals surface area contributed by atoms with Gasteiger partial charge in [0.25, 0.3) is 5.91 Å². The van der Waals surface area contributed by atoms with Crippen LogP contribution in [0.4, 0.5) is 10.1 Å².